The molecule has 2 rings (SSSR count). The molecule has 0 bridgehead atoms. The first-order valence-electron chi connectivity index (χ1n) is 6.10. The molecule has 1 saturated carbocycles. The fourth-order valence-electron chi connectivity index (χ4n) is 2.38. The van der Waals surface area contributed by atoms with Crippen molar-refractivity contribution in [2.75, 3.05) is 39.8 Å². The van der Waals surface area contributed by atoms with E-state index < -0.39 is 10.2 Å². The van der Waals surface area contributed by atoms with Gasteiger partial charge >= 0.3 is 0 Å². The first-order chi connectivity index (χ1) is 8.00. The van der Waals surface area contributed by atoms with Gasteiger partial charge in [0.05, 0.1) is 6.10 Å². The van der Waals surface area contributed by atoms with Gasteiger partial charge in [-0.15, -0.1) is 0 Å². The van der Waals surface area contributed by atoms with Crippen molar-refractivity contribution in [3.8, 4) is 0 Å². The van der Waals surface area contributed by atoms with Crippen LogP contribution in [-0.2, 0) is 10.2 Å². The molecule has 1 aliphatic carbocycles. The highest BCUT2D eigenvalue weighted by Gasteiger charge is 2.33. The Kier molecular flexibility index (Phi) is 4.04. The predicted molar refractivity (Wildman–Crippen MR) is 64.7 cm³/mol. The lowest BCUT2D eigenvalue weighted by Crippen LogP contribution is -2.52. The van der Waals surface area contributed by atoms with Crippen molar-refractivity contribution in [2.45, 2.75) is 18.9 Å². The van der Waals surface area contributed by atoms with Crippen LogP contribution < -0.4 is 5.32 Å². The van der Waals surface area contributed by atoms with Crippen molar-refractivity contribution >= 4 is 10.2 Å². The Bertz CT molecular complexity index is 348. The Morgan fingerprint density at radius 1 is 1.35 bits per heavy atom. The van der Waals surface area contributed by atoms with E-state index in [9.17, 15) is 13.5 Å². The number of nitrogens with zero attached hydrogens (tertiary/aromatic N) is 2. The highest BCUT2D eigenvalue weighted by atomic mass is 32.2. The van der Waals surface area contributed by atoms with Gasteiger partial charge in [-0.25, -0.2) is 0 Å². The maximum atomic E-state index is 12.2. The molecule has 0 aromatic rings. The Morgan fingerprint density at radius 3 is 2.47 bits per heavy atom. The van der Waals surface area contributed by atoms with E-state index in [1.54, 1.807) is 7.05 Å². The molecular formula is C10H21N3O3S. The van der Waals surface area contributed by atoms with Crippen LogP contribution >= 0.6 is 0 Å². The van der Waals surface area contributed by atoms with Crippen LogP contribution in [-0.4, -0.2) is 68.0 Å². The van der Waals surface area contributed by atoms with Gasteiger partial charge in [0, 0.05) is 39.8 Å². The Balaban J connectivity index is 1.89. The molecule has 2 aliphatic rings. The van der Waals surface area contributed by atoms with E-state index in [1.807, 2.05) is 0 Å². The Morgan fingerprint density at radius 2 is 1.94 bits per heavy atom. The quantitative estimate of drug-likeness (QED) is 0.671. The monoisotopic (exact) mass is 263 g/mol. The standard InChI is InChI=1S/C10H21N3O3S/c1-12(8-9-6-10(14)7-9)17(15,16)13-4-2-11-3-5-13/h9-11,14H,2-8H2,1H3. The minimum atomic E-state index is -3.31. The molecule has 1 saturated heterocycles. The zero-order valence-electron chi connectivity index (χ0n) is 10.2. The molecule has 0 spiro atoms. The van der Waals surface area contributed by atoms with Crippen LogP contribution in [0, 0.1) is 5.92 Å². The Hall–Kier alpha value is -0.210. The smallest absolute Gasteiger partial charge is 0.281 e. The molecule has 0 aromatic heterocycles. The summed E-state index contributed by atoms with van der Waals surface area (Å²) in [6.07, 6.45) is 1.22. The average Bonchev–Trinajstić information content (AvgIpc) is 2.28. The molecule has 0 atom stereocenters. The second kappa shape index (κ2) is 5.19. The van der Waals surface area contributed by atoms with Crippen LogP contribution in [0.1, 0.15) is 12.8 Å². The van der Waals surface area contributed by atoms with Crippen molar-refractivity contribution in [3.63, 3.8) is 0 Å². The highest BCUT2D eigenvalue weighted by Crippen LogP contribution is 2.28. The molecule has 2 fully saturated rings. The number of piperazine rings is 1. The number of aliphatic hydroxyl groups excluding tert-OH is 1. The first-order valence-corrected chi connectivity index (χ1v) is 7.50. The van der Waals surface area contributed by atoms with Gasteiger partial charge < -0.3 is 10.4 Å². The average molecular weight is 263 g/mol. The summed E-state index contributed by atoms with van der Waals surface area (Å²) in [5.41, 5.74) is 0. The van der Waals surface area contributed by atoms with Gasteiger partial charge in [0.1, 0.15) is 0 Å². The molecule has 0 unspecified atom stereocenters. The molecule has 0 radical (unpaired) electrons. The fourth-order valence-corrected chi connectivity index (χ4v) is 3.82. The topological polar surface area (TPSA) is 72.9 Å². The minimum Gasteiger partial charge on any atom is -0.393 e. The zero-order valence-corrected chi connectivity index (χ0v) is 11.0. The zero-order chi connectivity index (χ0) is 12.5. The molecule has 0 amide bonds. The number of nitrogens with one attached hydrogen (secondary N) is 1. The summed E-state index contributed by atoms with van der Waals surface area (Å²) in [5, 5.41) is 12.3. The third-order valence-corrected chi connectivity index (χ3v) is 5.48. The molecule has 7 heteroatoms. The van der Waals surface area contributed by atoms with Crippen molar-refractivity contribution < 1.29 is 13.5 Å². The van der Waals surface area contributed by atoms with Crippen LogP contribution in [0.2, 0.25) is 0 Å². The van der Waals surface area contributed by atoms with E-state index in [0.717, 1.165) is 25.9 Å². The molecule has 0 aromatic carbocycles. The van der Waals surface area contributed by atoms with E-state index in [0.29, 0.717) is 25.6 Å². The van der Waals surface area contributed by atoms with E-state index in [-0.39, 0.29) is 6.10 Å². The van der Waals surface area contributed by atoms with Gasteiger partial charge in [0.15, 0.2) is 0 Å². The molecule has 1 aliphatic heterocycles. The maximum absolute atomic E-state index is 12.2. The van der Waals surface area contributed by atoms with Gasteiger partial charge in [0.25, 0.3) is 10.2 Å². The second-order valence-corrected chi connectivity index (χ2v) is 6.96. The summed E-state index contributed by atoms with van der Waals surface area (Å²) >= 11 is 0. The minimum absolute atomic E-state index is 0.227. The fraction of sp³-hybridized carbons (Fsp3) is 1.00. The van der Waals surface area contributed by atoms with Gasteiger partial charge in [-0.05, 0) is 18.8 Å². The van der Waals surface area contributed by atoms with Crippen LogP contribution in [0.15, 0.2) is 0 Å². The number of rotatable bonds is 4. The lowest BCUT2D eigenvalue weighted by atomic mass is 9.82. The van der Waals surface area contributed by atoms with Crippen LogP contribution in [0.3, 0.4) is 0 Å². The molecule has 1 heterocycles. The summed E-state index contributed by atoms with van der Waals surface area (Å²) in [6, 6.07) is 0. The summed E-state index contributed by atoms with van der Waals surface area (Å²) in [5.74, 6) is 0.313. The van der Waals surface area contributed by atoms with Crippen molar-refractivity contribution in [3.05, 3.63) is 0 Å². The molecule has 2 N–H and O–H groups in total. The number of hydrogen-bond donors (Lipinski definition) is 2. The molecule has 6 nitrogen and oxygen atoms in total. The van der Waals surface area contributed by atoms with Crippen LogP contribution in [0.4, 0.5) is 0 Å². The third kappa shape index (κ3) is 2.97. The van der Waals surface area contributed by atoms with Crippen LogP contribution in [0.25, 0.3) is 0 Å². The number of hydrogen-bond acceptors (Lipinski definition) is 4. The van der Waals surface area contributed by atoms with Gasteiger partial charge in [-0.2, -0.15) is 17.0 Å². The first kappa shape index (κ1) is 13.2. The largest absolute Gasteiger partial charge is 0.393 e. The van der Waals surface area contributed by atoms with Crippen molar-refractivity contribution in [1.82, 2.24) is 13.9 Å². The van der Waals surface area contributed by atoms with E-state index in [1.165, 1.54) is 8.61 Å². The normalized spacial score (nSPS) is 31.5. The lowest BCUT2D eigenvalue weighted by molar-refractivity contribution is 0.0361. The van der Waals surface area contributed by atoms with Gasteiger partial charge in [-0.1, -0.05) is 0 Å². The van der Waals surface area contributed by atoms with Gasteiger partial charge in [0.2, 0.25) is 0 Å². The predicted octanol–water partition coefficient (Wildman–Crippen LogP) is -1.16. The van der Waals surface area contributed by atoms with E-state index in [4.69, 9.17) is 0 Å². The third-order valence-electron chi connectivity index (χ3n) is 3.52. The second-order valence-electron chi connectivity index (χ2n) is 4.93. The van der Waals surface area contributed by atoms with Crippen LogP contribution in [0.5, 0.6) is 0 Å². The lowest BCUT2D eigenvalue weighted by Gasteiger charge is -2.36. The summed E-state index contributed by atoms with van der Waals surface area (Å²) in [7, 11) is -1.68. The van der Waals surface area contributed by atoms with Crippen molar-refractivity contribution in [1.29, 1.82) is 0 Å². The Labute approximate surface area is 103 Å². The molecule has 100 valence electrons. The van der Waals surface area contributed by atoms with E-state index in [2.05, 4.69) is 5.32 Å². The summed E-state index contributed by atoms with van der Waals surface area (Å²) in [6.45, 7) is 3.04. The van der Waals surface area contributed by atoms with Gasteiger partial charge in [-0.3, -0.25) is 0 Å². The highest BCUT2D eigenvalue weighted by molar-refractivity contribution is 7.86. The summed E-state index contributed by atoms with van der Waals surface area (Å²) < 4.78 is 27.4. The summed E-state index contributed by atoms with van der Waals surface area (Å²) in [4.78, 5) is 0. The van der Waals surface area contributed by atoms with Crippen molar-refractivity contribution in [2.24, 2.45) is 5.92 Å². The van der Waals surface area contributed by atoms with E-state index >= 15 is 0 Å². The SMILES string of the molecule is CN(CC1CC(O)C1)S(=O)(=O)N1CCNCC1. The molecule has 17 heavy (non-hydrogen) atoms. The maximum Gasteiger partial charge on any atom is 0.281 e. The molecular weight excluding hydrogens is 242 g/mol. The number of aliphatic hydroxyl groups is 1.